The Bertz CT molecular complexity index is 1110. The smallest absolute Gasteiger partial charge is 0.270 e. The van der Waals surface area contributed by atoms with Crippen LogP contribution in [0.25, 0.3) is 10.2 Å². The van der Waals surface area contributed by atoms with E-state index in [4.69, 9.17) is 14.5 Å². The average molecular weight is 468 g/mol. The minimum atomic E-state index is -0.214. The summed E-state index contributed by atoms with van der Waals surface area (Å²) < 4.78 is 12.4. The second kappa shape index (κ2) is 10.2. The molecule has 8 heteroatoms. The maximum Gasteiger partial charge on any atom is 0.270 e. The van der Waals surface area contributed by atoms with Crippen molar-refractivity contribution in [1.29, 1.82) is 0 Å². The van der Waals surface area contributed by atoms with Gasteiger partial charge in [-0.1, -0.05) is 12.8 Å². The molecule has 1 saturated heterocycles. The molecule has 7 nitrogen and oxygen atoms in total. The van der Waals surface area contributed by atoms with Gasteiger partial charge in [0.2, 0.25) is 0 Å². The summed E-state index contributed by atoms with van der Waals surface area (Å²) in [5.41, 5.74) is 1.28. The number of aromatic nitrogens is 2. The van der Waals surface area contributed by atoms with Crippen LogP contribution in [0.4, 0.5) is 0 Å². The minimum Gasteiger partial charge on any atom is -0.457 e. The van der Waals surface area contributed by atoms with Crippen LogP contribution in [0.5, 0.6) is 11.5 Å². The summed E-state index contributed by atoms with van der Waals surface area (Å²) >= 11 is 1.66. The molecule has 0 radical (unpaired) electrons. The SMILES string of the molecule is O=C(NC1CCOCC1)c1cc(Oc2ccc3nc(C[C@@H]4CCCC[C@H]4O)sc3c2)ccn1. The van der Waals surface area contributed by atoms with Gasteiger partial charge in [0, 0.05) is 44.0 Å². The number of hydrogen-bond acceptors (Lipinski definition) is 7. The fourth-order valence-electron chi connectivity index (χ4n) is 4.59. The number of amides is 1. The van der Waals surface area contributed by atoms with E-state index in [1.54, 1.807) is 29.7 Å². The Balaban J connectivity index is 1.26. The van der Waals surface area contributed by atoms with Crippen LogP contribution in [0, 0.1) is 5.92 Å². The van der Waals surface area contributed by atoms with Crippen molar-refractivity contribution in [1.82, 2.24) is 15.3 Å². The highest BCUT2D eigenvalue weighted by Gasteiger charge is 2.24. The number of benzene rings is 1. The zero-order valence-electron chi connectivity index (χ0n) is 18.5. The Kier molecular flexibility index (Phi) is 6.85. The number of hydrogen-bond donors (Lipinski definition) is 2. The van der Waals surface area contributed by atoms with Gasteiger partial charge < -0.3 is 19.9 Å². The molecule has 1 saturated carbocycles. The van der Waals surface area contributed by atoms with E-state index in [1.165, 1.54) is 6.42 Å². The van der Waals surface area contributed by atoms with E-state index < -0.39 is 0 Å². The number of pyridine rings is 1. The molecule has 33 heavy (non-hydrogen) atoms. The topological polar surface area (TPSA) is 93.6 Å². The molecule has 2 aliphatic rings. The van der Waals surface area contributed by atoms with E-state index in [2.05, 4.69) is 10.3 Å². The van der Waals surface area contributed by atoms with E-state index in [-0.39, 0.29) is 18.1 Å². The molecule has 1 aromatic carbocycles. The molecule has 5 rings (SSSR count). The van der Waals surface area contributed by atoms with Gasteiger partial charge in [-0.2, -0.15) is 0 Å². The molecule has 0 spiro atoms. The first-order chi connectivity index (χ1) is 16.1. The summed E-state index contributed by atoms with van der Waals surface area (Å²) in [4.78, 5) is 21.6. The number of fused-ring (bicyclic) bond motifs is 1. The maximum absolute atomic E-state index is 12.6. The van der Waals surface area contributed by atoms with Crippen LogP contribution in [0.1, 0.15) is 54.0 Å². The molecule has 2 atom stereocenters. The largest absolute Gasteiger partial charge is 0.457 e. The third-order valence-corrected chi connectivity index (χ3v) is 7.51. The van der Waals surface area contributed by atoms with Crippen LogP contribution in [0.15, 0.2) is 36.5 Å². The van der Waals surface area contributed by atoms with Crippen molar-refractivity contribution < 1.29 is 19.4 Å². The van der Waals surface area contributed by atoms with Gasteiger partial charge in [-0.05, 0) is 49.8 Å². The second-order valence-electron chi connectivity index (χ2n) is 8.89. The first-order valence-electron chi connectivity index (χ1n) is 11.7. The lowest BCUT2D eigenvalue weighted by Gasteiger charge is -2.26. The summed E-state index contributed by atoms with van der Waals surface area (Å²) in [5.74, 6) is 1.37. The number of nitrogens with one attached hydrogen (secondary N) is 1. The van der Waals surface area contributed by atoms with Crippen molar-refractivity contribution in [3.8, 4) is 11.5 Å². The predicted molar refractivity (Wildman–Crippen MR) is 127 cm³/mol. The number of carbonyl (C=O) groups excluding carboxylic acids is 1. The molecule has 1 aliphatic heterocycles. The molecular weight excluding hydrogens is 438 g/mol. The highest BCUT2D eigenvalue weighted by molar-refractivity contribution is 7.18. The third-order valence-electron chi connectivity index (χ3n) is 6.47. The Morgan fingerprint density at radius 2 is 1.94 bits per heavy atom. The molecule has 0 unspecified atom stereocenters. The first-order valence-corrected chi connectivity index (χ1v) is 12.6. The molecule has 1 aliphatic carbocycles. The summed E-state index contributed by atoms with van der Waals surface area (Å²) in [6, 6.07) is 9.37. The maximum atomic E-state index is 12.6. The van der Waals surface area contributed by atoms with Gasteiger partial charge in [0.05, 0.1) is 21.3 Å². The molecule has 3 heterocycles. The standard InChI is InChI=1S/C25H29N3O4S/c29-22-4-2-1-3-16(22)13-24-28-20-6-5-18(15-23(20)33-24)32-19-7-10-26-21(14-19)25(30)27-17-8-11-31-12-9-17/h5-7,10,14-17,22,29H,1-4,8-9,11-13H2,(H,27,30)/t16-,22+/m0/s1. The predicted octanol–water partition coefficient (Wildman–Crippen LogP) is 4.49. The lowest BCUT2D eigenvalue weighted by atomic mass is 9.84. The van der Waals surface area contributed by atoms with Crippen molar-refractivity contribution in [3.05, 3.63) is 47.2 Å². The minimum absolute atomic E-state index is 0.121. The first kappa shape index (κ1) is 22.3. The van der Waals surface area contributed by atoms with E-state index >= 15 is 0 Å². The second-order valence-corrected chi connectivity index (χ2v) is 10.0. The Labute approximate surface area is 197 Å². The van der Waals surface area contributed by atoms with Gasteiger partial charge >= 0.3 is 0 Å². The number of ether oxygens (including phenoxy) is 2. The number of thiazole rings is 1. The number of carbonyl (C=O) groups is 1. The lowest BCUT2D eigenvalue weighted by Crippen LogP contribution is -2.39. The van der Waals surface area contributed by atoms with Gasteiger partial charge in [0.15, 0.2) is 0 Å². The van der Waals surface area contributed by atoms with E-state index in [0.29, 0.717) is 36.3 Å². The van der Waals surface area contributed by atoms with Crippen LogP contribution < -0.4 is 10.1 Å². The summed E-state index contributed by atoms with van der Waals surface area (Å²) in [7, 11) is 0. The summed E-state index contributed by atoms with van der Waals surface area (Å²) in [5, 5.41) is 14.4. The molecular formula is C25H29N3O4S. The molecule has 2 fully saturated rings. The van der Waals surface area contributed by atoms with Crippen molar-refractivity contribution in [3.63, 3.8) is 0 Å². The molecule has 2 N–H and O–H groups in total. The average Bonchev–Trinajstić information content (AvgIpc) is 3.23. The molecule has 0 bridgehead atoms. The highest BCUT2D eigenvalue weighted by atomic mass is 32.1. The highest BCUT2D eigenvalue weighted by Crippen LogP contribution is 2.33. The third kappa shape index (κ3) is 5.51. The zero-order chi connectivity index (χ0) is 22.6. The molecule has 3 aromatic rings. The fourth-order valence-corrected chi connectivity index (χ4v) is 5.68. The Morgan fingerprint density at radius 3 is 2.79 bits per heavy atom. The van der Waals surface area contributed by atoms with Crippen LogP contribution in [0.2, 0.25) is 0 Å². The lowest BCUT2D eigenvalue weighted by molar-refractivity contribution is 0.0692. The van der Waals surface area contributed by atoms with Crippen LogP contribution in [0.3, 0.4) is 0 Å². The normalized spacial score (nSPS) is 21.7. The summed E-state index contributed by atoms with van der Waals surface area (Å²) in [6.45, 7) is 1.34. The molecule has 1 amide bonds. The monoisotopic (exact) mass is 467 g/mol. The van der Waals surface area contributed by atoms with Crippen LogP contribution >= 0.6 is 11.3 Å². The van der Waals surface area contributed by atoms with Crippen molar-refractivity contribution in [2.75, 3.05) is 13.2 Å². The molecule has 2 aromatic heterocycles. The number of aliphatic hydroxyl groups is 1. The van der Waals surface area contributed by atoms with Gasteiger partial charge in [-0.25, -0.2) is 4.98 Å². The number of aliphatic hydroxyl groups excluding tert-OH is 1. The van der Waals surface area contributed by atoms with Crippen molar-refractivity contribution >= 4 is 27.5 Å². The van der Waals surface area contributed by atoms with Gasteiger partial charge in [0.25, 0.3) is 5.91 Å². The van der Waals surface area contributed by atoms with Gasteiger partial charge in [-0.3, -0.25) is 9.78 Å². The van der Waals surface area contributed by atoms with Gasteiger partial charge in [-0.15, -0.1) is 11.3 Å². The van der Waals surface area contributed by atoms with Gasteiger partial charge in [0.1, 0.15) is 17.2 Å². The van der Waals surface area contributed by atoms with Crippen molar-refractivity contribution in [2.45, 2.75) is 57.1 Å². The Hall–Kier alpha value is -2.55. The van der Waals surface area contributed by atoms with Crippen LogP contribution in [-0.2, 0) is 11.2 Å². The van der Waals surface area contributed by atoms with E-state index in [9.17, 15) is 9.90 Å². The number of nitrogens with zero attached hydrogens (tertiary/aromatic N) is 2. The van der Waals surface area contributed by atoms with Crippen molar-refractivity contribution in [2.24, 2.45) is 5.92 Å². The number of rotatable bonds is 6. The quantitative estimate of drug-likeness (QED) is 0.555. The summed E-state index contributed by atoms with van der Waals surface area (Å²) in [6.07, 6.45) is 8.11. The van der Waals surface area contributed by atoms with Crippen LogP contribution in [-0.4, -0.2) is 46.3 Å². The van der Waals surface area contributed by atoms with E-state index in [0.717, 1.165) is 53.7 Å². The Morgan fingerprint density at radius 1 is 1.12 bits per heavy atom. The molecule has 174 valence electrons. The fraction of sp³-hybridized carbons (Fsp3) is 0.480. The van der Waals surface area contributed by atoms with E-state index in [1.807, 2.05) is 18.2 Å². The zero-order valence-corrected chi connectivity index (χ0v) is 19.4.